The molecule has 0 atom stereocenters. The summed E-state index contributed by atoms with van der Waals surface area (Å²) < 4.78 is 33.3. The van der Waals surface area contributed by atoms with Crippen molar-refractivity contribution < 1.29 is 13.2 Å². The predicted molar refractivity (Wildman–Crippen MR) is 105 cm³/mol. The van der Waals surface area contributed by atoms with Gasteiger partial charge in [-0.3, -0.25) is 4.72 Å². The fourth-order valence-corrected chi connectivity index (χ4v) is 3.67. The molecule has 0 aliphatic carbocycles. The number of ether oxygens (including phenoxy) is 1. The monoisotopic (exact) mass is 377 g/mol. The number of nitrogens with one attached hydrogen (secondary N) is 2. The van der Waals surface area contributed by atoms with Gasteiger partial charge < -0.3 is 10.1 Å². The normalized spacial score (nSPS) is 11.5. The summed E-state index contributed by atoms with van der Waals surface area (Å²) in [5.41, 5.74) is 2.26. The Morgan fingerprint density at radius 1 is 1.15 bits per heavy atom. The summed E-state index contributed by atoms with van der Waals surface area (Å²) in [6.07, 6.45) is 2.55. The SMILES string of the molecule is COc1cc(C)c(C)cc1S(=O)(=O)Nc1ccc(NCCC(C)C)nc1. The van der Waals surface area contributed by atoms with Crippen LogP contribution in [0.1, 0.15) is 31.4 Å². The van der Waals surface area contributed by atoms with Crippen molar-refractivity contribution in [3.8, 4) is 5.75 Å². The molecule has 1 heterocycles. The molecule has 0 aliphatic heterocycles. The second-order valence-corrected chi connectivity index (χ2v) is 8.39. The minimum absolute atomic E-state index is 0.113. The Kier molecular flexibility index (Phi) is 6.47. The summed E-state index contributed by atoms with van der Waals surface area (Å²) in [5, 5.41) is 3.22. The molecule has 0 unspecified atom stereocenters. The molecule has 0 spiro atoms. The summed E-state index contributed by atoms with van der Waals surface area (Å²) in [6.45, 7) is 8.93. The average molecular weight is 378 g/mol. The number of aryl methyl sites for hydroxylation is 2. The lowest BCUT2D eigenvalue weighted by Crippen LogP contribution is -2.15. The minimum Gasteiger partial charge on any atom is -0.495 e. The number of pyridine rings is 1. The molecule has 0 fully saturated rings. The molecule has 0 amide bonds. The first-order chi connectivity index (χ1) is 12.2. The molecule has 142 valence electrons. The smallest absolute Gasteiger partial charge is 0.265 e. The van der Waals surface area contributed by atoms with E-state index in [0.29, 0.717) is 17.4 Å². The average Bonchev–Trinajstić information content (AvgIpc) is 2.57. The number of rotatable bonds is 8. The molecule has 26 heavy (non-hydrogen) atoms. The maximum Gasteiger partial charge on any atom is 0.265 e. The molecule has 7 heteroatoms. The van der Waals surface area contributed by atoms with E-state index < -0.39 is 10.0 Å². The number of anilines is 2. The fraction of sp³-hybridized carbons (Fsp3) is 0.421. The standard InChI is InChI=1S/C19H27N3O3S/c1-13(2)8-9-20-19-7-6-16(12-21-19)22-26(23,24)18-11-15(4)14(3)10-17(18)25-5/h6-7,10-13,22H,8-9H2,1-5H3,(H,20,21). The van der Waals surface area contributed by atoms with Crippen molar-refractivity contribution in [1.29, 1.82) is 0 Å². The lowest BCUT2D eigenvalue weighted by molar-refractivity contribution is 0.402. The number of sulfonamides is 1. The molecule has 6 nitrogen and oxygen atoms in total. The van der Waals surface area contributed by atoms with Crippen molar-refractivity contribution >= 4 is 21.5 Å². The first-order valence-corrected chi connectivity index (χ1v) is 10.1. The van der Waals surface area contributed by atoms with Gasteiger partial charge in [0, 0.05) is 6.54 Å². The Bertz CT molecular complexity index is 847. The number of nitrogens with zero attached hydrogens (tertiary/aromatic N) is 1. The molecular formula is C19H27N3O3S. The van der Waals surface area contributed by atoms with Crippen LogP contribution in [0.15, 0.2) is 35.4 Å². The highest BCUT2D eigenvalue weighted by molar-refractivity contribution is 7.92. The summed E-state index contributed by atoms with van der Waals surface area (Å²) in [6, 6.07) is 6.79. The van der Waals surface area contributed by atoms with Crippen molar-refractivity contribution in [2.45, 2.75) is 39.0 Å². The number of methoxy groups -OCH3 is 1. The maximum absolute atomic E-state index is 12.7. The largest absolute Gasteiger partial charge is 0.495 e. The number of hydrogen-bond acceptors (Lipinski definition) is 5. The van der Waals surface area contributed by atoms with Crippen LogP contribution < -0.4 is 14.8 Å². The van der Waals surface area contributed by atoms with E-state index in [1.807, 2.05) is 13.8 Å². The van der Waals surface area contributed by atoms with Crippen LogP contribution in [0.25, 0.3) is 0 Å². The van der Waals surface area contributed by atoms with E-state index in [4.69, 9.17) is 4.74 Å². The zero-order valence-electron chi connectivity index (χ0n) is 16.0. The van der Waals surface area contributed by atoms with Gasteiger partial charge in [0.1, 0.15) is 16.5 Å². The molecule has 0 aliphatic rings. The molecule has 0 saturated heterocycles. The van der Waals surface area contributed by atoms with E-state index in [1.165, 1.54) is 13.3 Å². The maximum atomic E-state index is 12.7. The second-order valence-electron chi connectivity index (χ2n) is 6.73. The molecule has 2 aromatic rings. The summed E-state index contributed by atoms with van der Waals surface area (Å²) >= 11 is 0. The lowest BCUT2D eigenvalue weighted by atomic mass is 10.1. The van der Waals surface area contributed by atoms with Crippen molar-refractivity contribution in [3.05, 3.63) is 41.6 Å². The van der Waals surface area contributed by atoms with E-state index in [-0.39, 0.29) is 4.90 Å². The zero-order valence-corrected chi connectivity index (χ0v) is 16.8. The molecule has 2 N–H and O–H groups in total. The van der Waals surface area contributed by atoms with Crippen LogP contribution in [0.2, 0.25) is 0 Å². The quantitative estimate of drug-likeness (QED) is 0.728. The molecule has 0 radical (unpaired) electrons. The molecule has 1 aromatic heterocycles. The number of benzene rings is 1. The lowest BCUT2D eigenvalue weighted by Gasteiger charge is -2.14. The Morgan fingerprint density at radius 2 is 1.85 bits per heavy atom. The Hall–Kier alpha value is -2.28. The van der Waals surface area contributed by atoms with Gasteiger partial charge in [-0.1, -0.05) is 13.8 Å². The van der Waals surface area contributed by atoms with Crippen molar-refractivity contribution in [1.82, 2.24) is 4.98 Å². The van der Waals surface area contributed by atoms with Crippen molar-refractivity contribution in [3.63, 3.8) is 0 Å². The van der Waals surface area contributed by atoms with E-state index in [9.17, 15) is 8.42 Å². The molecule has 2 rings (SSSR count). The summed E-state index contributed by atoms with van der Waals surface area (Å²) in [7, 11) is -2.31. The van der Waals surface area contributed by atoms with Crippen molar-refractivity contribution in [2.75, 3.05) is 23.7 Å². The third kappa shape index (κ3) is 5.11. The van der Waals surface area contributed by atoms with E-state index >= 15 is 0 Å². The third-order valence-corrected chi connectivity index (χ3v) is 5.52. The Labute approximate surface area is 156 Å². The minimum atomic E-state index is -3.77. The summed E-state index contributed by atoms with van der Waals surface area (Å²) in [4.78, 5) is 4.37. The topological polar surface area (TPSA) is 80.3 Å². The zero-order chi connectivity index (χ0) is 19.3. The van der Waals surface area contributed by atoms with E-state index in [2.05, 4.69) is 28.9 Å². The molecule has 0 bridgehead atoms. The van der Waals surface area contributed by atoms with Crippen molar-refractivity contribution in [2.24, 2.45) is 5.92 Å². The van der Waals surface area contributed by atoms with Crippen LogP contribution in [-0.4, -0.2) is 27.1 Å². The molecule has 0 saturated carbocycles. The van der Waals surface area contributed by atoms with E-state index in [1.54, 1.807) is 24.3 Å². The van der Waals surface area contributed by atoms with Gasteiger partial charge in [0.25, 0.3) is 10.0 Å². The van der Waals surface area contributed by atoms with Crippen LogP contribution in [0.3, 0.4) is 0 Å². The summed E-state index contributed by atoms with van der Waals surface area (Å²) in [5.74, 6) is 1.65. The van der Waals surface area contributed by atoms with Gasteiger partial charge in [-0.15, -0.1) is 0 Å². The highest BCUT2D eigenvalue weighted by Gasteiger charge is 2.21. The fourth-order valence-electron chi connectivity index (χ4n) is 2.39. The second kappa shape index (κ2) is 8.40. The third-order valence-electron chi connectivity index (χ3n) is 4.11. The Morgan fingerprint density at radius 3 is 2.42 bits per heavy atom. The first-order valence-electron chi connectivity index (χ1n) is 8.61. The van der Waals surface area contributed by atoms with Gasteiger partial charge >= 0.3 is 0 Å². The van der Waals surface area contributed by atoms with Crippen LogP contribution in [0.5, 0.6) is 5.75 Å². The van der Waals surface area contributed by atoms with Gasteiger partial charge in [-0.05, 0) is 61.6 Å². The number of aromatic nitrogens is 1. The van der Waals surface area contributed by atoms with Crippen LogP contribution in [-0.2, 0) is 10.0 Å². The van der Waals surface area contributed by atoms with Gasteiger partial charge in [0.2, 0.25) is 0 Å². The van der Waals surface area contributed by atoms with Crippen LogP contribution in [0.4, 0.5) is 11.5 Å². The highest BCUT2D eigenvalue weighted by atomic mass is 32.2. The Balaban J connectivity index is 2.16. The first kappa shape index (κ1) is 20.0. The predicted octanol–water partition coefficient (Wildman–Crippen LogP) is 3.97. The van der Waals surface area contributed by atoms with Crippen LogP contribution >= 0.6 is 0 Å². The van der Waals surface area contributed by atoms with Gasteiger partial charge in [0.15, 0.2) is 0 Å². The molecule has 1 aromatic carbocycles. The van der Waals surface area contributed by atoms with Gasteiger partial charge in [0.05, 0.1) is 19.0 Å². The van der Waals surface area contributed by atoms with Gasteiger partial charge in [-0.2, -0.15) is 0 Å². The van der Waals surface area contributed by atoms with E-state index in [0.717, 1.165) is 29.9 Å². The number of hydrogen-bond donors (Lipinski definition) is 2. The van der Waals surface area contributed by atoms with Gasteiger partial charge in [-0.25, -0.2) is 13.4 Å². The van der Waals surface area contributed by atoms with Crippen LogP contribution in [0, 0.1) is 19.8 Å². The molecular weight excluding hydrogens is 350 g/mol. The highest BCUT2D eigenvalue weighted by Crippen LogP contribution is 2.29.